The summed E-state index contributed by atoms with van der Waals surface area (Å²) in [5.41, 5.74) is 1.38. The molecule has 0 fully saturated rings. The minimum Gasteiger partial charge on any atom is -0.378 e. The fourth-order valence-electron chi connectivity index (χ4n) is 2.19. The fourth-order valence-corrected chi connectivity index (χ4v) is 3.00. The minimum atomic E-state index is -4.39. The lowest BCUT2D eigenvalue weighted by molar-refractivity contribution is -0.140. The van der Waals surface area contributed by atoms with Crippen molar-refractivity contribution >= 4 is 47.0 Å². The van der Waals surface area contributed by atoms with Crippen LogP contribution < -0.4 is 15.5 Å². The maximum atomic E-state index is 12.5. The first-order valence-electron chi connectivity index (χ1n) is 8.02. The van der Waals surface area contributed by atoms with Gasteiger partial charge in [-0.2, -0.15) is 13.2 Å². The lowest BCUT2D eigenvalue weighted by Gasteiger charge is -2.15. The Hall–Kier alpha value is -1.56. The van der Waals surface area contributed by atoms with Gasteiger partial charge in [-0.05, 0) is 17.7 Å². The van der Waals surface area contributed by atoms with Crippen molar-refractivity contribution in [1.82, 2.24) is 15.6 Å². The number of rotatable bonds is 6. The van der Waals surface area contributed by atoms with E-state index >= 15 is 0 Å². The first kappa shape index (κ1) is 23.5. The highest BCUT2D eigenvalue weighted by molar-refractivity contribution is 14.0. The van der Waals surface area contributed by atoms with E-state index in [0.29, 0.717) is 30.5 Å². The molecule has 0 radical (unpaired) electrons. The Morgan fingerprint density at radius 1 is 1.26 bits per heavy atom. The number of nitrogens with one attached hydrogen (secondary N) is 2. The smallest absolute Gasteiger partial charge is 0.378 e. The Labute approximate surface area is 178 Å². The van der Waals surface area contributed by atoms with Crippen molar-refractivity contribution < 1.29 is 13.2 Å². The monoisotopic (exact) mass is 513 g/mol. The molecule has 27 heavy (non-hydrogen) atoms. The number of alkyl halides is 3. The van der Waals surface area contributed by atoms with Crippen LogP contribution in [-0.4, -0.2) is 38.6 Å². The van der Waals surface area contributed by atoms with Gasteiger partial charge in [0.15, 0.2) is 11.7 Å². The average molecular weight is 513 g/mol. The summed E-state index contributed by atoms with van der Waals surface area (Å²) in [7, 11) is 5.61. The third-order valence-corrected chi connectivity index (χ3v) is 4.49. The van der Waals surface area contributed by atoms with E-state index in [1.807, 2.05) is 37.2 Å². The van der Waals surface area contributed by atoms with Gasteiger partial charge >= 0.3 is 6.18 Å². The van der Waals surface area contributed by atoms with Gasteiger partial charge in [0, 0.05) is 51.7 Å². The standard InChI is InChI=1S/C17H22F3N5S.HI/c1-21-16(23-10-12-5-4-6-13(9-12)25(2)3)22-8-7-15-24-14(11-26-15)17(18,19)20;/h4-6,9,11H,7-8,10H2,1-3H3,(H2,21,22,23);1H. The van der Waals surface area contributed by atoms with Gasteiger partial charge in [-0.25, -0.2) is 4.98 Å². The minimum absolute atomic E-state index is 0. The summed E-state index contributed by atoms with van der Waals surface area (Å²) in [4.78, 5) is 9.76. The first-order valence-corrected chi connectivity index (χ1v) is 8.90. The molecule has 0 atom stereocenters. The third-order valence-electron chi connectivity index (χ3n) is 3.58. The quantitative estimate of drug-likeness (QED) is 0.351. The highest BCUT2D eigenvalue weighted by atomic mass is 127. The second-order valence-electron chi connectivity index (χ2n) is 5.79. The van der Waals surface area contributed by atoms with Crippen molar-refractivity contribution in [3.8, 4) is 0 Å². The zero-order valence-electron chi connectivity index (χ0n) is 15.3. The zero-order valence-corrected chi connectivity index (χ0v) is 18.4. The number of benzene rings is 1. The molecule has 1 aromatic heterocycles. The van der Waals surface area contributed by atoms with Gasteiger partial charge in [0.05, 0.1) is 5.01 Å². The Kier molecular flexibility index (Phi) is 9.30. The zero-order chi connectivity index (χ0) is 19.2. The molecule has 0 aliphatic heterocycles. The molecule has 0 bridgehead atoms. The molecule has 0 saturated carbocycles. The molecule has 0 unspecified atom stereocenters. The average Bonchev–Trinajstić information content (AvgIpc) is 3.07. The molecule has 0 aliphatic rings. The second kappa shape index (κ2) is 10.7. The van der Waals surface area contributed by atoms with Gasteiger partial charge in [0.1, 0.15) is 0 Å². The molecule has 2 N–H and O–H groups in total. The summed E-state index contributed by atoms with van der Waals surface area (Å²) in [5, 5.41) is 7.76. The van der Waals surface area contributed by atoms with Crippen LogP contribution in [0.5, 0.6) is 0 Å². The number of anilines is 1. The number of hydrogen-bond donors (Lipinski definition) is 2. The summed E-state index contributed by atoms with van der Waals surface area (Å²) >= 11 is 1.01. The van der Waals surface area contributed by atoms with Gasteiger partial charge in [0.25, 0.3) is 0 Å². The molecule has 5 nitrogen and oxygen atoms in total. The van der Waals surface area contributed by atoms with E-state index in [9.17, 15) is 13.2 Å². The van der Waals surface area contributed by atoms with Crippen molar-refractivity contribution in [1.29, 1.82) is 0 Å². The predicted molar refractivity (Wildman–Crippen MR) is 115 cm³/mol. The van der Waals surface area contributed by atoms with Crippen LogP contribution in [0, 0.1) is 0 Å². The van der Waals surface area contributed by atoms with E-state index in [1.54, 1.807) is 7.05 Å². The fraction of sp³-hybridized carbons (Fsp3) is 0.412. The summed E-state index contributed by atoms with van der Waals surface area (Å²) in [6.45, 7) is 1.04. The molecule has 0 spiro atoms. The molecule has 0 aliphatic carbocycles. The first-order chi connectivity index (χ1) is 12.3. The number of thiazole rings is 1. The molecular formula is C17H23F3IN5S. The SMILES string of the molecule is CN=C(NCCc1nc(C(F)(F)F)cs1)NCc1cccc(N(C)C)c1.I. The van der Waals surface area contributed by atoms with E-state index in [1.165, 1.54) is 0 Å². The maximum Gasteiger partial charge on any atom is 0.434 e. The largest absolute Gasteiger partial charge is 0.434 e. The van der Waals surface area contributed by atoms with Crippen LogP contribution in [-0.2, 0) is 19.1 Å². The van der Waals surface area contributed by atoms with Crippen molar-refractivity contribution in [2.75, 3.05) is 32.6 Å². The molecule has 1 aromatic carbocycles. The van der Waals surface area contributed by atoms with Crippen LogP contribution >= 0.6 is 35.3 Å². The number of hydrogen-bond acceptors (Lipinski definition) is 4. The van der Waals surface area contributed by atoms with Crippen LogP contribution in [0.4, 0.5) is 18.9 Å². The summed E-state index contributed by atoms with van der Waals surface area (Å²) in [5.74, 6) is 0.591. The predicted octanol–water partition coefficient (Wildman–Crippen LogP) is 3.75. The van der Waals surface area contributed by atoms with Crippen LogP contribution in [0.15, 0.2) is 34.6 Å². The van der Waals surface area contributed by atoms with Gasteiger partial charge in [0.2, 0.25) is 0 Å². The lowest BCUT2D eigenvalue weighted by Crippen LogP contribution is -2.37. The molecule has 150 valence electrons. The summed E-state index contributed by atoms with van der Waals surface area (Å²) < 4.78 is 37.6. The van der Waals surface area contributed by atoms with E-state index in [2.05, 4.69) is 26.7 Å². The van der Waals surface area contributed by atoms with E-state index in [-0.39, 0.29) is 24.0 Å². The van der Waals surface area contributed by atoms with Gasteiger partial charge < -0.3 is 15.5 Å². The number of guanidine groups is 1. The third kappa shape index (κ3) is 7.53. The molecule has 2 aromatic rings. The van der Waals surface area contributed by atoms with Gasteiger partial charge in [-0.1, -0.05) is 12.1 Å². The topological polar surface area (TPSA) is 52.6 Å². The van der Waals surface area contributed by atoms with Crippen molar-refractivity contribution in [3.05, 3.63) is 45.9 Å². The maximum absolute atomic E-state index is 12.5. The van der Waals surface area contributed by atoms with Crippen LogP contribution in [0.3, 0.4) is 0 Å². The lowest BCUT2D eigenvalue weighted by atomic mass is 10.2. The molecule has 10 heteroatoms. The highest BCUT2D eigenvalue weighted by Gasteiger charge is 2.33. The van der Waals surface area contributed by atoms with Crippen LogP contribution in [0.25, 0.3) is 0 Å². The second-order valence-corrected chi connectivity index (χ2v) is 6.73. The molecule has 2 rings (SSSR count). The van der Waals surface area contributed by atoms with E-state index in [4.69, 9.17) is 0 Å². The summed E-state index contributed by atoms with van der Waals surface area (Å²) in [6.07, 6.45) is -3.99. The molecule has 0 saturated heterocycles. The Morgan fingerprint density at radius 3 is 2.59 bits per heavy atom. The number of aliphatic imine (C=N–C) groups is 1. The van der Waals surface area contributed by atoms with Crippen LogP contribution in [0.1, 0.15) is 16.3 Å². The highest BCUT2D eigenvalue weighted by Crippen LogP contribution is 2.29. The number of halogens is 4. The van der Waals surface area contributed by atoms with E-state index < -0.39 is 11.9 Å². The molecular weight excluding hydrogens is 490 g/mol. The van der Waals surface area contributed by atoms with Crippen molar-refractivity contribution in [3.63, 3.8) is 0 Å². The van der Waals surface area contributed by atoms with Crippen molar-refractivity contribution in [2.45, 2.75) is 19.1 Å². The summed E-state index contributed by atoms with van der Waals surface area (Å²) in [6, 6.07) is 8.11. The Morgan fingerprint density at radius 2 is 2.00 bits per heavy atom. The van der Waals surface area contributed by atoms with Gasteiger partial charge in [-0.15, -0.1) is 35.3 Å². The number of aromatic nitrogens is 1. The van der Waals surface area contributed by atoms with Crippen molar-refractivity contribution in [2.24, 2.45) is 4.99 Å². The normalized spacial score (nSPS) is 11.7. The number of nitrogens with zero attached hydrogens (tertiary/aromatic N) is 3. The molecule has 1 heterocycles. The van der Waals surface area contributed by atoms with Gasteiger partial charge in [-0.3, -0.25) is 4.99 Å². The Balaban J connectivity index is 0.00000364. The van der Waals surface area contributed by atoms with Crippen LogP contribution in [0.2, 0.25) is 0 Å². The van der Waals surface area contributed by atoms with E-state index in [0.717, 1.165) is 28.0 Å². The Bertz CT molecular complexity index is 746. The molecule has 0 amide bonds.